The predicted octanol–water partition coefficient (Wildman–Crippen LogP) is 1.79. The Hall–Kier alpha value is -2.11. The van der Waals surface area contributed by atoms with Gasteiger partial charge in [0.25, 0.3) is 0 Å². The fourth-order valence-electron chi connectivity index (χ4n) is 1.35. The average Bonchev–Trinajstić information content (AvgIpc) is 2.17. The zero-order valence-electron chi connectivity index (χ0n) is 8.89. The number of phenols is 1. The van der Waals surface area contributed by atoms with Crippen molar-refractivity contribution < 1.29 is 19.6 Å². The number of nitro benzene ring substituents is 1. The van der Waals surface area contributed by atoms with Gasteiger partial charge >= 0.3 is 11.7 Å². The summed E-state index contributed by atoms with van der Waals surface area (Å²) < 4.78 is 4.74. The molecule has 0 aliphatic rings. The van der Waals surface area contributed by atoms with Gasteiger partial charge in [-0.2, -0.15) is 0 Å². The Labute approximate surface area is 91.6 Å². The molecule has 0 unspecified atom stereocenters. The Morgan fingerprint density at radius 1 is 1.56 bits per heavy atom. The van der Waals surface area contributed by atoms with Gasteiger partial charge in [-0.25, -0.2) is 4.79 Å². The molecule has 6 nitrogen and oxygen atoms in total. The molecule has 1 N–H and O–H groups in total. The minimum absolute atomic E-state index is 0.0892. The SMILES string of the molecule is CCOC(=O)c1ccc(O)c([N+](=O)[O-])c1C. The van der Waals surface area contributed by atoms with Crippen molar-refractivity contribution in [2.45, 2.75) is 13.8 Å². The summed E-state index contributed by atoms with van der Waals surface area (Å²) in [5.74, 6) is -1.10. The Morgan fingerprint density at radius 3 is 2.69 bits per heavy atom. The maximum absolute atomic E-state index is 11.4. The van der Waals surface area contributed by atoms with Gasteiger partial charge in [-0.3, -0.25) is 10.1 Å². The highest BCUT2D eigenvalue weighted by Crippen LogP contribution is 2.31. The summed E-state index contributed by atoms with van der Waals surface area (Å²) in [5, 5.41) is 20.0. The van der Waals surface area contributed by atoms with Gasteiger partial charge in [-0.15, -0.1) is 0 Å². The molecule has 0 aliphatic heterocycles. The second kappa shape index (κ2) is 4.61. The van der Waals surface area contributed by atoms with E-state index in [0.29, 0.717) is 0 Å². The van der Waals surface area contributed by atoms with Crippen molar-refractivity contribution in [3.05, 3.63) is 33.4 Å². The number of benzene rings is 1. The molecule has 1 rings (SSSR count). The molecule has 0 saturated carbocycles. The third kappa shape index (κ3) is 2.10. The molecule has 0 bridgehead atoms. The molecule has 0 atom stereocenters. The second-order valence-electron chi connectivity index (χ2n) is 3.08. The molecular weight excluding hydrogens is 214 g/mol. The normalized spacial score (nSPS) is 9.88. The highest BCUT2D eigenvalue weighted by Gasteiger charge is 2.23. The van der Waals surface area contributed by atoms with Crippen molar-refractivity contribution in [1.29, 1.82) is 0 Å². The fourth-order valence-corrected chi connectivity index (χ4v) is 1.35. The van der Waals surface area contributed by atoms with Gasteiger partial charge in [0.1, 0.15) is 0 Å². The van der Waals surface area contributed by atoms with Crippen molar-refractivity contribution in [3.8, 4) is 5.75 Å². The summed E-state index contributed by atoms with van der Waals surface area (Å²) in [6.07, 6.45) is 0. The van der Waals surface area contributed by atoms with E-state index in [1.807, 2.05) is 0 Å². The van der Waals surface area contributed by atoms with Crippen LogP contribution < -0.4 is 0 Å². The topological polar surface area (TPSA) is 89.7 Å². The summed E-state index contributed by atoms with van der Waals surface area (Å²) in [6.45, 7) is 3.22. The highest BCUT2D eigenvalue weighted by molar-refractivity contribution is 5.92. The molecular formula is C10H11NO5. The van der Waals surface area contributed by atoms with Crippen LogP contribution in [0.2, 0.25) is 0 Å². The molecule has 0 amide bonds. The van der Waals surface area contributed by atoms with Gasteiger partial charge in [0.15, 0.2) is 5.75 Å². The average molecular weight is 225 g/mol. The number of aromatic hydroxyl groups is 1. The van der Waals surface area contributed by atoms with E-state index in [0.717, 1.165) is 6.07 Å². The molecule has 0 saturated heterocycles. The van der Waals surface area contributed by atoms with Gasteiger partial charge in [0.2, 0.25) is 0 Å². The first-order valence-electron chi connectivity index (χ1n) is 4.63. The van der Waals surface area contributed by atoms with Crippen LogP contribution in [0.25, 0.3) is 0 Å². The maximum Gasteiger partial charge on any atom is 0.338 e. The summed E-state index contributed by atoms with van der Waals surface area (Å²) in [7, 11) is 0. The van der Waals surface area contributed by atoms with Crippen LogP contribution in [0.5, 0.6) is 5.75 Å². The van der Waals surface area contributed by atoms with Crippen LogP contribution in [-0.2, 0) is 4.74 Å². The number of carbonyl (C=O) groups excluding carboxylic acids is 1. The summed E-state index contributed by atoms with van der Waals surface area (Å²) in [5.41, 5.74) is -0.277. The van der Waals surface area contributed by atoms with Crippen LogP contribution in [0.15, 0.2) is 12.1 Å². The van der Waals surface area contributed by atoms with Gasteiger partial charge < -0.3 is 9.84 Å². The number of ether oxygens (including phenoxy) is 1. The van der Waals surface area contributed by atoms with Crippen molar-refractivity contribution in [2.24, 2.45) is 0 Å². The number of nitrogens with zero attached hydrogens (tertiary/aromatic N) is 1. The Bertz CT molecular complexity index is 441. The van der Waals surface area contributed by atoms with Gasteiger partial charge in [0, 0.05) is 5.56 Å². The standard InChI is InChI=1S/C10H11NO5/c1-3-16-10(13)7-4-5-8(12)9(6(7)2)11(14)15/h4-5,12H,3H2,1-2H3. The lowest BCUT2D eigenvalue weighted by molar-refractivity contribution is -0.386. The molecule has 0 aliphatic carbocycles. The van der Waals surface area contributed by atoms with E-state index in [2.05, 4.69) is 0 Å². The lowest BCUT2D eigenvalue weighted by atomic mass is 10.1. The minimum Gasteiger partial charge on any atom is -0.502 e. The molecule has 6 heteroatoms. The number of hydrogen-bond donors (Lipinski definition) is 1. The molecule has 86 valence electrons. The number of esters is 1. The first-order valence-corrected chi connectivity index (χ1v) is 4.63. The highest BCUT2D eigenvalue weighted by atomic mass is 16.6. The van der Waals surface area contributed by atoms with E-state index < -0.39 is 22.3 Å². The zero-order chi connectivity index (χ0) is 12.3. The Morgan fingerprint density at radius 2 is 2.19 bits per heavy atom. The molecule has 0 aromatic heterocycles. The third-order valence-corrected chi connectivity index (χ3v) is 2.09. The van der Waals surface area contributed by atoms with Crippen LogP contribution in [0, 0.1) is 17.0 Å². The molecule has 0 spiro atoms. The summed E-state index contributed by atoms with van der Waals surface area (Å²) >= 11 is 0. The fraction of sp³-hybridized carbons (Fsp3) is 0.300. The first kappa shape index (κ1) is 12.0. The van der Waals surface area contributed by atoms with Crippen molar-refractivity contribution in [1.82, 2.24) is 0 Å². The molecule has 0 fully saturated rings. The number of nitro groups is 1. The zero-order valence-corrected chi connectivity index (χ0v) is 8.89. The summed E-state index contributed by atoms with van der Waals surface area (Å²) in [4.78, 5) is 21.4. The lowest BCUT2D eigenvalue weighted by Crippen LogP contribution is -2.08. The number of phenolic OH excluding ortho intramolecular Hbond substituents is 1. The predicted molar refractivity (Wildman–Crippen MR) is 55.5 cm³/mol. The van der Waals surface area contributed by atoms with Crippen LogP contribution in [0.3, 0.4) is 0 Å². The van der Waals surface area contributed by atoms with E-state index in [-0.39, 0.29) is 17.7 Å². The van der Waals surface area contributed by atoms with Crippen molar-refractivity contribution in [2.75, 3.05) is 6.61 Å². The third-order valence-electron chi connectivity index (χ3n) is 2.09. The van der Waals surface area contributed by atoms with E-state index in [1.165, 1.54) is 13.0 Å². The monoisotopic (exact) mass is 225 g/mol. The smallest absolute Gasteiger partial charge is 0.338 e. The van der Waals surface area contributed by atoms with E-state index in [1.54, 1.807) is 6.92 Å². The largest absolute Gasteiger partial charge is 0.502 e. The number of rotatable bonds is 3. The summed E-state index contributed by atoms with van der Waals surface area (Å²) in [6, 6.07) is 2.41. The molecule has 0 radical (unpaired) electrons. The lowest BCUT2D eigenvalue weighted by Gasteiger charge is -2.06. The maximum atomic E-state index is 11.4. The Kier molecular flexibility index (Phi) is 3.44. The van der Waals surface area contributed by atoms with E-state index >= 15 is 0 Å². The second-order valence-corrected chi connectivity index (χ2v) is 3.08. The molecule has 1 aromatic rings. The quantitative estimate of drug-likeness (QED) is 0.481. The first-order chi connectivity index (χ1) is 7.49. The Balaban J connectivity index is 3.29. The van der Waals surface area contributed by atoms with Crippen molar-refractivity contribution in [3.63, 3.8) is 0 Å². The van der Waals surface area contributed by atoms with Crippen LogP contribution >= 0.6 is 0 Å². The number of hydrogen-bond acceptors (Lipinski definition) is 5. The van der Waals surface area contributed by atoms with Crippen LogP contribution in [-0.4, -0.2) is 22.6 Å². The molecule has 16 heavy (non-hydrogen) atoms. The van der Waals surface area contributed by atoms with E-state index in [4.69, 9.17) is 4.74 Å². The molecule has 1 aromatic carbocycles. The van der Waals surface area contributed by atoms with Gasteiger partial charge in [0.05, 0.1) is 17.1 Å². The minimum atomic E-state index is -0.729. The number of carbonyl (C=O) groups is 1. The van der Waals surface area contributed by atoms with Crippen LogP contribution in [0.4, 0.5) is 5.69 Å². The van der Waals surface area contributed by atoms with Gasteiger partial charge in [-0.1, -0.05) is 0 Å². The van der Waals surface area contributed by atoms with Gasteiger partial charge in [-0.05, 0) is 26.0 Å². The molecule has 0 heterocycles. The van der Waals surface area contributed by atoms with E-state index in [9.17, 15) is 20.0 Å². The van der Waals surface area contributed by atoms with Crippen molar-refractivity contribution >= 4 is 11.7 Å². The van der Waals surface area contributed by atoms with Crippen LogP contribution in [0.1, 0.15) is 22.8 Å².